The average molecular weight is 502 g/mol. The predicted octanol–water partition coefficient (Wildman–Crippen LogP) is 3.55. The van der Waals surface area contributed by atoms with Crippen LogP contribution in [0.3, 0.4) is 0 Å². The van der Waals surface area contributed by atoms with E-state index in [1.807, 2.05) is 17.0 Å². The fourth-order valence-corrected chi connectivity index (χ4v) is 3.00. The molecule has 2 rings (SSSR count). The summed E-state index contributed by atoms with van der Waals surface area (Å²) in [6.07, 6.45) is 4.83. The van der Waals surface area contributed by atoms with Gasteiger partial charge in [0.05, 0.1) is 13.2 Å². The van der Waals surface area contributed by atoms with Crippen LogP contribution in [-0.2, 0) is 11.3 Å². The number of benzene rings is 1. The minimum atomic E-state index is 0. The van der Waals surface area contributed by atoms with Crippen LogP contribution in [0.5, 0.6) is 5.75 Å². The fraction of sp³-hybridized carbons (Fsp3) is 0.619. The maximum Gasteiger partial charge on any atom is 0.222 e. The Bertz CT molecular complexity index is 610. The van der Waals surface area contributed by atoms with E-state index < -0.39 is 0 Å². The van der Waals surface area contributed by atoms with Crippen molar-refractivity contribution in [3.63, 3.8) is 0 Å². The molecule has 1 heterocycles. The quantitative estimate of drug-likeness (QED) is 0.210. The Hall–Kier alpha value is -1.51. The number of carbonyl (C=O) groups excluding carboxylic acids is 1. The Morgan fingerprint density at radius 2 is 2.11 bits per heavy atom. The molecule has 1 fully saturated rings. The van der Waals surface area contributed by atoms with Crippen LogP contribution in [0.1, 0.15) is 51.5 Å². The van der Waals surface area contributed by atoms with Gasteiger partial charge in [0, 0.05) is 32.6 Å². The maximum absolute atomic E-state index is 11.6. The minimum absolute atomic E-state index is 0. The molecule has 2 N–H and O–H groups in total. The van der Waals surface area contributed by atoms with Crippen LogP contribution in [-0.4, -0.2) is 49.6 Å². The third-order valence-electron chi connectivity index (χ3n) is 4.50. The van der Waals surface area contributed by atoms with Crippen LogP contribution in [0.25, 0.3) is 0 Å². The number of hydrogen-bond acceptors (Lipinski definition) is 3. The number of halogens is 1. The van der Waals surface area contributed by atoms with Crippen LogP contribution in [0.15, 0.2) is 29.3 Å². The van der Waals surface area contributed by atoms with E-state index in [2.05, 4.69) is 41.6 Å². The number of rotatable bonds is 11. The first-order valence-electron chi connectivity index (χ1n) is 10.2. The summed E-state index contributed by atoms with van der Waals surface area (Å²) < 4.78 is 5.77. The monoisotopic (exact) mass is 502 g/mol. The van der Waals surface area contributed by atoms with Gasteiger partial charge in [-0.15, -0.1) is 24.0 Å². The maximum atomic E-state index is 11.6. The number of likely N-dealkylation sites (tertiary alicyclic amines) is 1. The van der Waals surface area contributed by atoms with Crippen LogP contribution >= 0.6 is 24.0 Å². The van der Waals surface area contributed by atoms with E-state index in [0.29, 0.717) is 13.0 Å². The Labute approximate surface area is 186 Å². The number of hydrogen-bond donors (Lipinski definition) is 2. The molecule has 7 heteroatoms. The molecule has 0 saturated carbocycles. The number of aliphatic imine (C=N–C) groups is 1. The topological polar surface area (TPSA) is 66.0 Å². The largest absolute Gasteiger partial charge is 0.494 e. The van der Waals surface area contributed by atoms with E-state index in [4.69, 9.17) is 4.74 Å². The number of ether oxygens (including phenoxy) is 1. The van der Waals surface area contributed by atoms with Gasteiger partial charge >= 0.3 is 0 Å². The SMILES string of the molecule is CCCCOc1cccc(CN=C(NCC)NCCCN2CCCC2=O)c1.I. The van der Waals surface area contributed by atoms with Crippen LogP contribution in [0.4, 0.5) is 0 Å². The van der Waals surface area contributed by atoms with Gasteiger partial charge in [-0.3, -0.25) is 4.79 Å². The molecule has 1 aliphatic heterocycles. The summed E-state index contributed by atoms with van der Waals surface area (Å²) in [5.74, 6) is 2.00. The number of unbranched alkanes of at least 4 members (excludes halogenated alkanes) is 1. The van der Waals surface area contributed by atoms with Crippen molar-refractivity contribution in [2.24, 2.45) is 4.99 Å². The highest BCUT2D eigenvalue weighted by atomic mass is 127. The van der Waals surface area contributed by atoms with E-state index in [0.717, 1.165) is 75.7 Å². The van der Waals surface area contributed by atoms with Crippen molar-refractivity contribution in [1.29, 1.82) is 0 Å². The molecule has 0 bridgehead atoms. The first-order chi connectivity index (χ1) is 13.2. The van der Waals surface area contributed by atoms with Gasteiger partial charge in [0.1, 0.15) is 5.75 Å². The zero-order valence-electron chi connectivity index (χ0n) is 17.2. The van der Waals surface area contributed by atoms with Crippen molar-refractivity contribution in [2.75, 3.05) is 32.8 Å². The molecule has 0 unspecified atom stereocenters. The van der Waals surface area contributed by atoms with Gasteiger partial charge in [0.2, 0.25) is 5.91 Å². The molecule has 0 aromatic heterocycles. The molecule has 1 amide bonds. The lowest BCUT2D eigenvalue weighted by molar-refractivity contribution is -0.127. The van der Waals surface area contributed by atoms with Gasteiger partial charge in [-0.1, -0.05) is 25.5 Å². The van der Waals surface area contributed by atoms with Crippen LogP contribution in [0.2, 0.25) is 0 Å². The first-order valence-corrected chi connectivity index (χ1v) is 10.2. The van der Waals surface area contributed by atoms with E-state index in [9.17, 15) is 4.79 Å². The molecular formula is C21H35IN4O2. The Balaban J connectivity index is 0.00000392. The average Bonchev–Trinajstić information content (AvgIpc) is 3.08. The molecule has 1 saturated heterocycles. The van der Waals surface area contributed by atoms with Crippen molar-refractivity contribution in [3.8, 4) is 5.75 Å². The summed E-state index contributed by atoms with van der Waals surface area (Å²) in [5, 5.41) is 6.63. The number of nitrogens with one attached hydrogen (secondary N) is 2. The minimum Gasteiger partial charge on any atom is -0.494 e. The third kappa shape index (κ3) is 9.12. The molecule has 1 aromatic rings. The van der Waals surface area contributed by atoms with E-state index >= 15 is 0 Å². The van der Waals surface area contributed by atoms with Gasteiger partial charge in [-0.05, 0) is 43.9 Å². The number of nitrogens with zero attached hydrogens (tertiary/aromatic N) is 2. The Kier molecular flexibility index (Phi) is 12.7. The molecule has 158 valence electrons. The normalized spacial score (nSPS) is 14.0. The molecule has 28 heavy (non-hydrogen) atoms. The highest BCUT2D eigenvalue weighted by Crippen LogP contribution is 2.14. The Morgan fingerprint density at radius 1 is 1.25 bits per heavy atom. The predicted molar refractivity (Wildman–Crippen MR) is 126 cm³/mol. The summed E-state index contributed by atoms with van der Waals surface area (Å²) >= 11 is 0. The lowest BCUT2D eigenvalue weighted by Crippen LogP contribution is -2.39. The highest BCUT2D eigenvalue weighted by molar-refractivity contribution is 14.0. The first kappa shape index (κ1) is 24.5. The zero-order chi connectivity index (χ0) is 19.3. The summed E-state index contributed by atoms with van der Waals surface area (Å²) in [4.78, 5) is 18.3. The molecule has 0 spiro atoms. The van der Waals surface area contributed by atoms with Crippen molar-refractivity contribution in [1.82, 2.24) is 15.5 Å². The van der Waals surface area contributed by atoms with Crippen molar-refractivity contribution in [2.45, 2.75) is 52.5 Å². The molecule has 0 atom stereocenters. The smallest absolute Gasteiger partial charge is 0.222 e. The third-order valence-corrected chi connectivity index (χ3v) is 4.50. The molecule has 6 nitrogen and oxygen atoms in total. The molecular weight excluding hydrogens is 467 g/mol. The standard InChI is InChI=1S/C21H34N4O2.HI/c1-3-5-15-27-19-10-6-9-18(16-19)17-24-21(22-4-2)23-12-8-14-25-13-7-11-20(25)26;/h6,9-10,16H,3-5,7-8,11-15,17H2,1-2H3,(H2,22,23,24);1H. The number of carbonyl (C=O) groups is 1. The Morgan fingerprint density at radius 3 is 2.82 bits per heavy atom. The zero-order valence-corrected chi connectivity index (χ0v) is 19.5. The summed E-state index contributed by atoms with van der Waals surface area (Å²) in [7, 11) is 0. The van der Waals surface area contributed by atoms with E-state index in [-0.39, 0.29) is 29.9 Å². The van der Waals surface area contributed by atoms with Gasteiger partial charge in [0.15, 0.2) is 5.96 Å². The second-order valence-electron chi connectivity index (χ2n) is 6.81. The van der Waals surface area contributed by atoms with E-state index in [1.54, 1.807) is 0 Å². The molecule has 0 aliphatic carbocycles. The summed E-state index contributed by atoms with van der Waals surface area (Å²) in [6.45, 7) is 8.92. The van der Waals surface area contributed by atoms with Gasteiger partial charge < -0.3 is 20.3 Å². The summed E-state index contributed by atoms with van der Waals surface area (Å²) in [5.41, 5.74) is 1.13. The highest BCUT2D eigenvalue weighted by Gasteiger charge is 2.18. The van der Waals surface area contributed by atoms with E-state index in [1.165, 1.54) is 0 Å². The second-order valence-corrected chi connectivity index (χ2v) is 6.81. The lowest BCUT2D eigenvalue weighted by atomic mass is 10.2. The van der Waals surface area contributed by atoms with Crippen LogP contribution < -0.4 is 15.4 Å². The number of guanidine groups is 1. The lowest BCUT2D eigenvalue weighted by Gasteiger charge is -2.16. The molecule has 0 radical (unpaired) electrons. The fourth-order valence-electron chi connectivity index (χ4n) is 3.00. The van der Waals surface area contributed by atoms with Crippen LogP contribution in [0, 0.1) is 0 Å². The van der Waals surface area contributed by atoms with Crippen molar-refractivity contribution < 1.29 is 9.53 Å². The van der Waals surface area contributed by atoms with Crippen molar-refractivity contribution >= 4 is 35.8 Å². The summed E-state index contributed by atoms with van der Waals surface area (Å²) in [6, 6.07) is 8.13. The van der Waals surface area contributed by atoms with Crippen molar-refractivity contribution in [3.05, 3.63) is 29.8 Å². The number of amides is 1. The second kappa shape index (κ2) is 14.5. The van der Waals surface area contributed by atoms with Gasteiger partial charge in [-0.2, -0.15) is 0 Å². The molecule has 1 aromatic carbocycles. The molecule has 1 aliphatic rings. The van der Waals surface area contributed by atoms with Gasteiger partial charge in [0.25, 0.3) is 0 Å². The van der Waals surface area contributed by atoms with Gasteiger partial charge in [-0.25, -0.2) is 4.99 Å².